The molecule has 2 aliphatic rings. The maximum Gasteiger partial charge on any atom is 0.236 e. The number of carbonyl (C=O) groups excluding carboxylic acids is 2. The molecule has 0 radical (unpaired) electrons. The third-order valence-corrected chi connectivity index (χ3v) is 6.95. The predicted octanol–water partition coefficient (Wildman–Crippen LogP) is 1.12. The lowest BCUT2D eigenvalue weighted by atomic mass is 10.1. The maximum atomic E-state index is 13.1. The van der Waals surface area contributed by atoms with E-state index in [9.17, 15) is 19.8 Å². The van der Waals surface area contributed by atoms with Crippen molar-refractivity contribution in [1.29, 1.82) is 0 Å². The molecule has 206 valence electrons. The summed E-state index contributed by atoms with van der Waals surface area (Å²) in [7, 11) is 0. The fourth-order valence-electron chi connectivity index (χ4n) is 4.69. The first-order chi connectivity index (χ1) is 18.5. The molecule has 0 unspecified atom stereocenters. The number of benzene rings is 2. The molecule has 2 aromatic rings. The highest BCUT2D eigenvalue weighted by molar-refractivity contribution is 5.79. The van der Waals surface area contributed by atoms with Gasteiger partial charge in [0.05, 0.1) is 39.5 Å². The maximum absolute atomic E-state index is 13.1. The second kappa shape index (κ2) is 14.1. The molecule has 0 aliphatic carbocycles. The van der Waals surface area contributed by atoms with Crippen LogP contribution in [0.5, 0.6) is 11.5 Å². The Morgan fingerprint density at radius 3 is 1.39 bits per heavy atom. The number of hydrogen-bond donors (Lipinski definition) is 2. The van der Waals surface area contributed by atoms with Crippen molar-refractivity contribution >= 4 is 11.8 Å². The molecule has 38 heavy (non-hydrogen) atoms. The van der Waals surface area contributed by atoms with Crippen LogP contribution in [0.2, 0.25) is 0 Å². The van der Waals surface area contributed by atoms with Gasteiger partial charge in [-0.15, -0.1) is 0 Å². The molecule has 2 aliphatic heterocycles. The Bertz CT molecular complexity index is 972. The van der Waals surface area contributed by atoms with Crippen LogP contribution in [0.4, 0.5) is 0 Å². The molecule has 10 heteroatoms. The molecular weight excluding hydrogens is 488 g/mol. The fourth-order valence-corrected chi connectivity index (χ4v) is 4.69. The van der Waals surface area contributed by atoms with E-state index in [-0.39, 0.29) is 36.4 Å². The van der Waals surface area contributed by atoms with Crippen molar-refractivity contribution in [2.24, 2.45) is 0 Å². The van der Waals surface area contributed by atoms with Crippen LogP contribution in [0.1, 0.15) is 11.1 Å². The normalized spacial score (nSPS) is 16.3. The summed E-state index contributed by atoms with van der Waals surface area (Å²) < 4.78 is 10.8. The van der Waals surface area contributed by atoms with Gasteiger partial charge >= 0.3 is 0 Å². The highest BCUT2D eigenvalue weighted by Crippen LogP contribution is 2.20. The first kappa shape index (κ1) is 27.8. The molecule has 10 nitrogen and oxygen atoms in total. The van der Waals surface area contributed by atoms with Crippen LogP contribution in [0, 0.1) is 0 Å². The standard InChI is InChI=1S/C28H38N4O6/c33-25-7-3-1-5-23(25)19-29(21-27(35)31-11-15-37-16-12-31)9-10-30(20-24-6-2-4-8-26(24)34)22-28(36)32-13-17-38-18-14-32/h1-8,33-34H,9-22H2. The van der Waals surface area contributed by atoms with Crippen LogP contribution in [-0.2, 0) is 32.2 Å². The zero-order valence-electron chi connectivity index (χ0n) is 21.8. The van der Waals surface area contributed by atoms with E-state index in [2.05, 4.69) is 0 Å². The lowest BCUT2D eigenvalue weighted by Crippen LogP contribution is -2.48. The minimum atomic E-state index is 0.0142. The van der Waals surface area contributed by atoms with Crippen LogP contribution in [0.25, 0.3) is 0 Å². The van der Waals surface area contributed by atoms with Crippen LogP contribution in [0.15, 0.2) is 48.5 Å². The highest BCUT2D eigenvalue weighted by Gasteiger charge is 2.24. The second-order valence-electron chi connectivity index (χ2n) is 9.67. The minimum Gasteiger partial charge on any atom is -0.508 e. The summed E-state index contributed by atoms with van der Waals surface area (Å²) in [5, 5.41) is 20.7. The van der Waals surface area contributed by atoms with Crippen LogP contribution < -0.4 is 0 Å². The van der Waals surface area contributed by atoms with E-state index in [0.717, 1.165) is 11.1 Å². The van der Waals surface area contributed by atoms with Gasteiger partial charge in [0.1, 0.15) is 11.5 Å². The lowest BCUT2D eigenvalue weighted by Gasteiger charge is -2.33. The van der Waals surface area contributed by atoms with Crippen molar-refractivity contribution in [1.82, 2.24) is 19.6 Å². The number of hydrogen-bond acceptors (Lipinski definition) is 8. The molecule has 2 heterocycles. The third kappa shape index (κ3) is 8.16. The summed E-state index contributed by atoms with van der Waals surface area (Å²) in [6, 6.07) is 14.3. The van der Waals surface area contributed by atoms with Crippen molar-refractivity contribution in [2.75, 3.05) is 78.8 Å². The van der Waals surface area contributed by atoms with Gasteiger partial charge in [-0.3, -0.25) is 19.4 Å². The molecular formula is C28H38N4O6. The first-order valence-corrected chi connectivity index (χ1v) is 13.2. The van der Waals surface area contributed by atoms with Gasteiger partial charge in [0.15, 0.2) is 0 Å². The largest absolute Gasteiger partial charge is 0.508 e. The first-order valence-electron chi connectivity index (χ1n) is 13.2. The molecule has 0 saturated carbocycles. The summed E-state index contributed by atoms with van der Waals surface area (Å²) in [6.07, 6.45) is 0. The number of phenolic OH excluding ortho intramolecular Hbond substituents is 2. The predicted molar refractivity (Wildman–Crippen MR) is 142 cm³/mol. The zero-order valence-corrected chi connectivity index (χ0v) is 21.8. The van der Waals surface area contributed by atoms with Gasteiger partial charge in [-0.25, -0.2) is 0 Å². The fraction of sp³-hybridized carbons (Fsp3) is 0.500. The number of nitrogens with zero attached hydrogens (tertiary/aromatic N) is 4. The number of para-hydroxylation sites is 2. The van der Waals surface area contributed by atoms with E-state index in [1.165, 1.54) is 0 Å². The Morgan fingerprint density at radius 2 is 1.03 bits per heavy atom. The number of carbonyl (C=O) groups is 2. The van der Waals surface area contributed by atoms with Gasteiger partial charge in [0.25, 0.3) is 0 Å². The molecule has 2 fully saturated rings. The molecule has 2 saturated heterocycles. The molecule has 0 bridgehead atoms. The number of morpholine rings is 2. The van der Waals surface area contributed by atoms with E-state index < -0.39 is 0 Å². The zero-order chi connectivity index (χ0) is 26.7. The van der Waals surface area contributed by atoms with Crippen LogP contribution in [0.3, 0.4) is 0 Å². The van der Waals surface area contributed by atoms with Crippen LogP contribution in [-0.4, -0.2) is 120 Å². The van der Waals surface area contributed by atoms with Gasteiger partial charge in [0.2, 0.25) is 11.8 Å². The third-order valence-electron chi connectivity index (χ3n) is 6.95. The van der Waals surface area contributed by atoms with Gasteiger partial charge in [-0.05, 0) is 12.1 Å². The molecule has 2 amide bonds. The summed E-state index contributed by atoms with van der Waals surface area (Å²) in [5.41, 5.74) is 1.47. The number of aromatic hydroxyl groups is 2. The molecule has 4 rings (SSSR count). The van der Waals surface area contributed by atoms with E-state index in [1.54, 1.807) is 24.3 Å². The number of rotatable bonds is 11. The Morgan fingerprint density at radius 1 is 0.658 bits per heavy atom. The SMILES string of the molecule is O=C(CN(CCN(CC(=O)N1CCOCC1)Cc1ccccc1O)Cc1ccccc1O)N1CCOCC1. The lowest BCUT2D eigenvalue weighted by molar-refractivity contribution is -0.138. The molecule has 0 atom stereocenters. The van der Waals surface area contributed by atoms with Crippen molar-refractivity contribution in [3.05, 3.63) is 59.7 Å². The van der Waals surface area contributed by atoms with Gasteiger partial charge in [-0.1, -0.05) is 36.4 Å². The van der Waals surface area contributed by atoms with Gasteiger partial charge in [-0.2, -0.15) is 0 Å². The van der Waals surface area contributed by atoms with Crippen molar-refractivity contribution < 1.29 is 29.3 Å². The molecule has 0 aromatic heterocycles. The molecule has 0 spiro atoms. The van der Waals surface area contributed by atoms with E-state index in [4.69, 9.17) is 9.47 Å². The Hall–Kier alpha value is -3.18. The quantitative estimate of drug-likeness (QED) is 0.449. The van der Waals surface area contributed by atoms with Crippen molar-refractivity contribution in [2.45, 2.75) is 13.1 Å². The highest BCUT2D eigenvalue weighted by atomic mass is 16.5. The molecule has 2 N–H and O–H groups in total. The number of amides is 2. The smallest absolute Gasteiger partial charge is 0.236 e. The monoisotopic (exact) mass is 526 g/mol. The van der Waals surface area contributed by atoms with Crippen molar-refractivity contribution in [3.8, 4) is 11.5 Å². The Labute approximate surface area is 223 Å². The Balaban J connectivity index is 1.47. The second-order valence-corrected chi connectivity index (χ2v) is 9.67. The summed E-state index contributed by atoms with van der Waals surface area (Å²) in [5.74, 6) is 0.399. The average molecular weight is 527 g/mol. The van der Waals surface area contributed by atoms with E-state index >= 15 is 0 Å². The number of phenols is 2. The Kier molecular flexibility index (Phi) is 10.3. The molecule has 2 aromatic carbocycles. The average Bonchev–Trinajstić information content (AvgIpc) is 2.94. The topological polar surface area (TPSA) is 106 Å². The van der Waals surface area contributed by atoms with E-state index in [0.29, 0.717) is 78.8 Å². The van der Waals surface area contributed by atoms with Gasteiger partial charge in [0, 0.05) is 63.5 Å². The summed E-state index contributed by atoms with van der Waals surface area (Å²) in [4.78, 5) is 33.8. The number of ether oxygens (including phenoxy) is 2. The van der Waals surface area contributed by atoms with Crippen molar-refractivity contribution in [3.63, 3.8) is 0 Å². The van der Waals surface area contributed by atoms with Gasteiger partial charge < -0.3 is 29.5 Å². The summed E-state index contributed by atoms with van der Waals surface area (Å²) >= 11 is 0. The minimum absolute atomic E-state index is 0.0142. The van der Waals surface area contributed by atoms with E-state index in [1.807, 2.05) is 43.9 Å². The summed E-state index contributed by atoms with van der Waals surface area (Å²) in [6.45, 7) is 6.55. The van der Waals surface area contributed by atoms with Crippen LogP contribution >= 0.6 is 0 Å².